The van der Waals surface area contributed by atoms with E-state index in [4.69, 9.17) is 4.42 Å². The molecule has 258 valence electrons. The van der Waals surface area contributed by atoms with Crippen molar-refractivity contribution in [3.8, 4) is 0 Å². The molecular formula is C45H49NO4. The molecule has 0 unspecified atom stereocenters. The molecule has 4 fully saturated rings. The van der Waals surface area contributed by atoms with Crippen LogP contribution in [0.5, 0.6) is 0 Å². The zero-order valence-electron chi connectivity index (χ0n) is 29.6. The van der Waals surface area contributed by atoms with Gasteiger partial charge in [-0.15, -0.1) is 0 Å². The molecule has 5 aliphatic rings. The van der Waals surface area contributed by atoms with E-state index in [9.17, 15) is 14.4 Å². The first-order chi connectivity index (χ1) is 24.2. The van der Waals surface area contributed by atoms with Gasteiger partial charge in [0.15, 0.2) is 5.78 Å². The van der Waals surface area contributed by atoms with Gasteiger partial charge < -0.3 is 9.73 Å². The SMILES string of the molecule is C[C@]12CC[C@]3(C[C@@H]1CC[C@@H]1[C@@H]2CC[C@]2(C)C(=O)CC[C@@H]12)NCCc1c3c(=O)oc2cc(CCc3ccc(C(=O)c4ccccc4)cc3)ccc12. The summed E-state index contributed by atoms with van der Waals surface area (Å²) in [5.41, 5.74) is 6.21. The van der Waals surface area contributed by atoms with E-state index in [1.54, 1.807) is 0 Å². The highest BCUT2D eigenvalue weighted by atomic mass is 16.4. The lowest BCUT2D eigenvalue weighted by Gasteiger charge is -2.62. The molecule has 7 atom stereocenters. The molecule has 4 saturated carbocycles. The normalized spacial score (nSPS) is 33.0. The van der Waals surface area contributed by atoms with Gasteiger partial charge in [-0.25, -0.2) is 4.79 Å². The van der Waals surface area contributed by atoms with Gasteiger partial charge in [0.05, 0.1) is 11.1 Å². The van der Waals surface area contributed by atoms with Crippen LogP contribution in [0.3, 0.4) is 0 Å². The third kappa shape index (κ3) is 4.93. The topological polar surface area (TPSA) is 76.4 Å². The van der Waals surface area contributed by atoms with Crippen molar-refractivity contribution in [3.05, 3.63) is 117 Å². The average molecular weight is 668 g/mol. The molecular weight excluding hydrogens is 618 g/mol. The van der Waals surface area contributed by atoms with E-state index >= 15 is 0 Å². The Kier molecular flexibility index (Phi) is 7.62. The van der Waals surface area contributed by atoms with Gasteiger partial charge in [0.1, 0.15) is 11.4 Å². The first-order valence-corrected chi connectivity index (χ1v) is 19.2. The zero-order valence-corrected chi connectivity index (χ0v) is 29.6. The quantitative estimate of drug-likeness (QED) is 0.170. The van der Waals surface area contributed by atoms with Crippen LogP contribution >= 0.6 is 0 Å². The molecule has 2 heterocycles. The second-order valence-electron chi connectivity index (χ2n) is 17.0. The molecule has 0 saturated heterocycles. The smallest absolute Gasteiger partial charge is 0.341 e. The van der Waals surface area contributed by atoms with Crippen molar-refractivity contribution in [3.63, 3.8) is 0 Å². The number of ketones is 2. The largest absolute Gasteiger partial charge is 0.422 e. The lowest BCUT2D eigenvalue weighted by atomic mass is 9.43. The number of carbonyl (C=O) groups excluding carboxylic acids is 2. The predicted molar refractivity (Wildman–Crippen MR) is 196 cm³/mol. The van der Waals surface area contributed by atoms with Crippen LogP contribution in [0.25, 0.3) is 11.0 Å². The fraction of sp³-hybridized carbons (Fsp3) is 0.489. The van der Waals surface area contributed by atoms with E-state index < -0.39 is 0 Å². The number of rotatable bonds is 5. The minimum Gasteiger partial charge on any atom is -0.422 e. The molecule has 3 aromatic carbocycles. The summed E-state index contributed by atoms with van der Waals surface area (Å²) in [6.45, 7) is 5.72. The number of benzene rings is 3. The Morgan fingerprint density at radius 1 is 0.800 bits per heavy atom. The maximum absolute atomic E-state index is 14.0. The highest BCUT2D eigenvalue weighted by molar-refractivity contribution is 6.08. The van der Waals surface area contributed by atoms with E-state index in [1.807, 2.05) is 54.6 Å². The number of nitrogens with one attached hydrogen (secondary N) is 1. The fourth-order valence-corrected chi connectivity index (χ4v) is 12.0. The van der Waals surface area contributed by atoms with Crippen molar-refractivity contribution in [2.24, 2.45) is 34.5 Å². The van der Waals surface area contributed by atoms with Crippen LogP contribution in [0, 0.1) is 34.5 Å². The van der Waals surface area contributed by atoms with Crippen LogP contribution in [-0.2, 0) is 29.6 Å². The number of aryl methyl sites for hydroxylation is 2. The van der Waals surface area contributed by atoms with Gasteiger partial charge in [0, 0.05) is 34.9 Å². The zero-order chi connectivity index (χ0) is 34.3. The number of Topliss-reactive ketones (excluding diaryl/α,β-unsaturated/α-hetero) is 1. The Morgan fingerprint density at radius 3 is 2.38 bits per heavy atom. The standard InChI is InChI=1S/C45H49NO4/c1-43-23-24-45(27-32(43)15-17-35-36-18-19-39(47)44(36,2)22-20-37(35)43)40-34(21-25-46-45)33-16-12-29(26-38(33)50-42(40)49)9-8-28-10-13-31(14-11-28)41(48)30-6-4-3-5-7-30/h3-7,10-14,16,26,32,35-37,46H,8-9,15,17-25,27H2,1-2H3/t32-,35-,36-,37-,43-,44-,45+/m0/s1. The minimum absolute atomic E-state index is 0.0380. The molecule has 0 bridgehead atoms. The summed E-state index contributed by atoms with van der Waals surface area (Å²) in [5, 5.41) is 5.00. The number of fused-ring (bicyclic) bond motifs is 9. The van der Waals surface area contributed by atoms with Gasteiger partial charge in [0.25, 0.3) is 0 Å². The lowest BCUT2D eigenvalue weighted by Crippen LogP contribution is -2.60. The van der Waals surface area contributed by atoms with E-state index in [-0.39, 0.29) is 27.8 Å². The van der Waals surface area contributed by atoms with Crippen LogP contribution in [-0.4, -0.2) is 18.1 Å². The number of carbonyl (C=O) groups is 2. The van der Waals surface area contributed by atoms with Crippen LogP contribution in [0.15, 0.2) is 82.0 Å². The van der Waals surface area contributed by atoms with Gasteiger partial charge in [-0.1, -0.05) is 80.6 Å². The van der Waals surface area contributed by atoms with Gasteiger partial charge >= 0.3 is 5.63 Å². The summed E-state index contributed by atoms with van der Waals surface area (Å²) in [5.74, 6) is 3.06. The Labute approximate surface area is 295 Å². The molecule has 9 rings (SSSR count). The van der Waals surface area contributed by atoms with Crippen molar-refractivity contribution in [2.45, 2.75) is 96.4 Å². The fourth-order valence-electron chi connectivity index (χ4n) is 12.0. The Balaban J connectivity index is 0.935. The summed E-state index contributed by atoms with van der Waals surface area (Å²) in [7, 11) is 0. The van der Waals surface area contributed by atoms with Crippen molar-refractivity contribution < 1.29 is 14.0 Å². The van der Waals surface area contributed by atoms with E-state index in [1.165, 1.54) is 30.4 Å². The summed E-state index contributed by atoms with van der Waals surface area (Å²) >= 11 is 0. The maximum atomic E-state index is 14.0. The first kappa shape index (κ1) is 32.1. The molecule has 5 nitrogen and oxygen atoms in total. The van der Waals surface area contributed by atoms with Gasteiger partial charge in [0.2, 0.25) is 0 Å². The minimum atomic E-state index is -0.321. The summed E-state index contributed by atoms with van der Waals surface area (Å²) in [4.78, 5) is 39.8. The molecule has 1 spiro atoms. The molecule has 50 heavy (non-hydrogen) atoms. The second kappa shape index (κ2) is 11.9. The Hall–Kier alpha value is -3.83. The van der Waals surface area contributed by atoms with Crippen molar-refractivity contribution in [1.29, 1.82) is 0 Å². The highest BCUT2D eigenvalue weighted by Gasteiger charge is 2.62. The lowest BCUT2D eigenvalue weighted by molar-refractivity contribution is -0.142. The van der Waals surface area contributed by atoms with Crippen LogP contribution in [0.1, 0.15) is 110 Å². The van der Waals surface area contributed by atoms with Crippen molar-refractivity contribution >= 4 is 22.5 Å². The number of hydrogen-bond donors (Lipinski definition) is 1. The van der Waals surface area contributed by atoms with Gasteiger partial charge in [-0.05, 0) is 122 Å². The summed E-state index contributed by atoms with van der Waals surface area (Å²) < 4.78 is 6.22. The molecule has 0 radical (unpaired) electrons. The molecule has 5 heteroatoms. The van der Waals surface area contributed by atoms with Gasteiger partial charge in [-0.2, -0.15) is 0 Å². The first-order valence-electron chi connectivity index (χ1n) is 19.2. The second-order valence-corrected chi connectivity index (χ2v) is 17.0. The Bertz CT molecular complexity index is 2050. The molecule has 4 aromatic rings. The molecule has 4 aliphatic carbocycles. The van der Waals surface area contributed by atoms with Gasteiger partial charge in [-0.3, -0.25) is 9.59 Å². The molecule has 1 aromatic heterocycles. The van der Waals surface area contributed by atoms with Crippen molar-refractivity contribution in [1.82, 2.24) is 5.32 Å². The van der Waals surface area contributed by atoms with E-state index in [0.29, 0.717) is 46.2 Å². The predicted octanol–water partition coefficient (Wildman–Crippen LogP) is 8.76. The number of hydrogen-bond acceptors (Lipinski definition) is 5. The third-order valence-corrected chi connectivity index (χ3v) is 14.8. The molecule has 1 N–H and O–H groups in total. The summed E-state index contributed by atoms with van der Waals surface area (Å²) in [6, 6.07) is 23.8. The maximum Gasteiger partial charge on any atom is 0.341 e. The van der Waals surface area contributed by atoms with Crippen molar-refractivity contribution in [2.75, 3.05) is 6.54 Å². The highest BCUT2D eigenvalue weighted by Crippen LogP contribution is 2.67. The Morgan fingerprint density at radius 2 is 1.56 bits per heavy atom. The summed E-state index contributed by atoms with van der Waals surface area (Å²) in [6.07, 6.45) is 12.2. The van der Waals surface area contributed by atoms with E-state index in [0.717, 1.165) is 80.8 Å². The van der Waals surface area contributed by atoms with Crippen LogP contribution < -0.4 is 10.9 Å². The van der Waals surface area contributed by atoms with E-state index in [2.05, 4.69) is 37.4 Å². The average Bonchev–Trinajstić information content (AvgIpc) is 3.45. The molecule has 1 aliphatic heterocycles. The van der Waals surface area contributed by atoms with Crippen LogP contribution in [0.2, 0.25) is 0 Å². The van der Waals surface area contributed by atoms with Crippen LogP contribution in [0.4, 0.5) is 0 Å². The molecule has 0 amide bonds. The monoisotopic (exact) mass is 667 g/mol. The third-order valence-electron chi connectivity index (χ3n) is 14.8.